The fraction of sp³-hybridized carbons (Fsp3) is 0.214. The molecule has 3 N–H and O–H groups in total. The lowest BCUT2D eigenvalue weighted by molar-refractivity contribution is 0.0703. The largest absolute Gasteiger partial charge is 0.477 e. The number of thiophene rings is 1. The molecule has 0 bridgehead atoms. The van der Waals surface area contributed by atoms with Gasteiger partial charge in [0.15, 0.2) is 0 Å². The number of aromatic carboxylic acids is 1. The lowest BCUT2D eigenvalue weighted by atomic mass is 10.0. The van der Waals surface area contributed by atoms with Crippen molar-refractivity contribution in [3.05, 3.63) is 39.8 Å². The third-order valence-electron chi connectivity index (χ3n) is 3.11. The number of nitrogens with two attached hydrogens (primary N) is 1. The van der Waals surface area contributed by atoms with Crippen LogP contribution in [0.4, 0.5) is 14.5 Å². The summed E-state index contributed by atoms with van der Waals surface area (Å²) in [5, 5.41) is 9.08. The van der Waals surface area contributed by atoms with Gasteiger partial charge in [-0.15, -0.1) is 11.3 Å². The fourth-order valence-corrected chi connectivity index (χ4v) is 3.25. The third kappa shape index (κ3) is 2.16. The fourth-order valence-electron chi connectivity index (χ4n) is 2.05. The van der Waals surface area contributed by atoms with Crippen molar-refractivity contribution >= 4 is 23.0 Å². The van der Waals surface area contributed by atoms with E-state index in [1.807, 2.05) is 0 Å². The molecule has 0 unspecified atom stereocenters. The molecule has 2 aromatic rings. The Bertz CT molecular complexity index is 695. The number of carboxylic acids is 1. The Balaban J connectivity index is 2.80. The van der Waals surface area contributed by atoms with Crippen molar-refractivity contribution in [1.29, 1.82) is 0 Å². The monoisotopic (exact) mass is 297 g/mol. The van der Waals surface area contributed by atoms with Crippen molar-refractivity contribution in [2.24, 2.45) is 0 Å². The summed E-state index contributed by atoms with van der Waals surface area (Å²) >= 11 is 0.804. The number of anilines is 1. The molecular formula is C14H13F2NO2S. The Morgan fingerprint density at radius 3 is 2.60 bits per heavy atom. The van der Waals surface area contributed by atoms with E-state index in [2.05, 4.69) is 0 Å². The first-order valence-corrected chi connectivity index (χ1v) is 6.79. The van der Waals surface area contributed by atoms with Crippen LogP contribution in [0.5, 0.6) is 0 Å². The lowest BCUT2D eigenvalue weighted by Crippen LogP contribution is -1.99. The topological polar surface area (TPSA) is 63.3 Å². The molecule has 0 fully saturated rings. The van der Waals surface area contributed by atoms with Crippen LogP contribution in [0, 0.1) is 18.6 Å². The number of aryl methyl sites for hydroxylation is 1. The molecule has 1 aromatic carbocycles. The maximum Gasteiger partial charge on any atom is 0.348 e. The molecule has 6 heteroatoms. The molecule has 0 radical (unpaired) electrons. The van der Waals surface area contributed by atoms with Gasteiger partial charge in [-0.25, -0.2) is 13.6 Å². The Hall–Kier alpha value is -1.95. The maximum atomic E-state index is 14.2. The number of nitrogen functional groups attached to an aromatic ring is 1. The quantitative estimate of drug-likeness (QED) is 0.904. The lowest BCUT2D eigenvalue weighted by Gasteiger charge is -2.07. The molecule has 0 aliphatic carbocycles. The molecule has 106 valence electrons. The summed E-state index contributed by atoms with van der Waals surface area (Å²) in [6.07, 6.45) is 0.401. The van der Waals surface area contributed by atoms with Gasteiger partial charge < -0.3 is 10.8 Å². The maximum absolute atomic E-state index is 14.2. The van der Waals surface area contributed by atoms with Crippen LogP contribution in [-0.2, 0) is 6.42 Å². The summed E-state index contributed by atoms with van der Waals surface area (Å²) < 4.78 is 28.1. The third-order valence-corrected chi connectivity index (χ3v) is 4.36. The molecule has 1 aromatic heterocycles. The van der Waals surface area contributed by atoms with Crippen molar-refractivity contribution in [2.45, 2.75) is 20.3 Å². The summed E-state index contributed by atoms with van der Waals surface area (Å²) in [5.41, 5.74) is 6.42. The van der Waals surface area contributed by atoms with Gasteiger partial charge in [0.25, 0.3) is 0 Å². The van der Waals surface area contributed by atoms with Crippen LogP contribution in [0.3, 0.4) is 0 Å². The van der Waals surface area contributed by atoms with Crippen LogP contribution >= 0.6 is 11.3 Å². The SMILES string of the molecule is CCc1c(-c2c(F)ccc(C)c2F)sc(C(=O)O)c1N. The van der Waals surface area contributed by atoms with E-state index >= 15 is 0 Å². The molecule has 2 rings (SSSR count). The van der Waals surface area contributed by atoms with Gasteiger partial charge in [-0.1, -0.05) is 13.0 Å². The Kier molecular flexibility index (Phi) is 3.76. The highest BCUT2D eigenvalue weighted by atomic mass is 32.1. The van der Waals surface area contributed by atoms with Crippen molar-refractivity contribution in [2.75, 3.05) is 5.73 Å². The molecule has 0 saturated heterocycles. The van der Waals surface area contributed by atoms with Crippen molar-refractivity contribution in [1.82, 2.24) is 0 Å². The summed E-state index contributed by atoms with van der Waals surface area (Å²) in [7, 11) is 0. The molecule has 0 aliphatic heterocycles. The number of halogens is 2. The average Bonchev–Trinajstić information content (AvgIpc) is 2.71. The van der Waals surface area contributed by atoms with E-state index in [4.69, 9.17) is 10.8 Å². The van der Waals surface area contributed by atoms with E-state index in [9.17, 15) is 13.6 Å². The number of hydrogen-bond acceptors (Lipinski definition) is 3. The van der Waals surface area contributed by atoms with Gasteiger partial charge in [0.05, 0.1) is 11.3 Å². The molecule has 0 amide bonds. The smallest absolute Gasteiger partial charge is 0.348 e. The van der Waals surface area contributed by atoms with E-state index in [0.717, 1.165) is 11.3 Å². The first-order chi connectivity index (χ1) is 9.38. The van der Waals surface area contributed by atoms with Crippen LogP contribution in [-0.4, -0.2) is 11.1 Å². The highest BCUT2D eigenvalue weighted by molar-refractivity contribution is 7.18. The molecule has 20 heavy (non-hydrogen) atoms. The van der Waals surface area contributed by atoms with Crippen molar-refractivity contribution in [3.8, 4) is 10.4 Å². The number of benzene rings is 1. The normalized spacial score (nSPS) is 10.8. The van der Waals surface area contributed by atoms with Crippen LogP contribution in [0.2, 0.25) is 0 Å². The number of hydrogen-bond donors (Lipinski definition) is 2. The van der Waals surface area contributed by atoms with E-state index in [1.54, 1.807) is 6.92 Å². The standard InChI is InChI=1S/C14H13F2NO2S/c1-3-7-11(17)13(14(18)19)20-12(7)9-8(15)5-4-6(2)10(9)16/h4-5H,3,17H2,1-2H3,(H,18,19). The summed E-state index contributed by atoms with van der Waals surface area (Å²) in [4.78, 5) is 11.3. The second kappa shape index (κ2) is 5.20. The predicted octanol–water partition coefficient (Wildman–Crippen LogP) is 3.84. The van der Waals surface area contributed by atoms with Crippen LogP contribution in [0.1, 0.15) is 27.7 Å². The number of rotatable bonds is 3. The highest BCUT2D eigenvalue weighted by Gasteiger charge is 2.24. The average molecular weight is 297 g/mol. The second-order valence-electron chi connectivity index (χ2n) is 4.36. The van der Waals surface area contributed by atoms with Gasteiger partial charge in [0.1, 0.15) is 16.5 Å². The van der Waals surface area contributed by atoms with Gasteiger partial charge in [-0.3, -0.25) is 0 Å². The van der Waals surface area contributed by atoms with E-state index in [1.165, 1.54) is 19.1 Å². The summed E-state index contributed by atoms with van der Waals surface area (Å²) in [6, 6.07) is 2.51. The predicted molar refractivity (Wildman–Crippen MR) is 75.2 cm³/mol. The van der Waals surface area contributed by atoms with Gasteiger partial charge in [0.2, 0.25) is 0 Å². The minimum absolute atomic E-state index is 0.0836. The molecule has 0 saturated carbocycles. The second-order valence-corrected chi connectivity index (χ2v) is 5.39. The Morgan fingerprint density at radius 1 is 1.40 bits per heavy atom. The van der Waals surface area contributed by atoms with E-state index in [-0.39, 0.29) is 21.0 Å². The zero-order chi connectivity index (χ0) is 15.0. The Labute approximate surface area is 118 Å². The molecule has 0 spiro atoms. The minimum atomic E-state index is -1.19. The highest BCUT2D eigenvalue weighted by Crippen LogP contribution is 2.41. The van der Waals surface area contributed by atoms with Crippen molar-refractivity contribution in [3.63, 3.8) is 0 Å². The minimum Gasteiger partial charge on any atom is -0.477 e. The first kappa shape index (κ1) is 14.5. The van der Waals surface area contributed by atoms with Crippen LogP contribution in [0.25, 0.3) is 10.4 Å². The van der Waals surface area contributed by atoms with E-state index < -0.39 is 17.6 Å². The zero-order valence-corrected chi connectivity index (χ0v) is 11.8. The molecule has 0 atom stereocenters. The van der Waals surface area contributed by atoms with Gasteiger partial charge >= 0.3 is 5.97 Å². The molecule has 0 aliphatic rings. The van der Waals surface area contributed by atoms with Crippen molar-refractivity contribution < 1.29 is 18.7 Å². The van der Waals surface area contributed by atoms with E-state index in [0.29, 0.717) is 17.5 Å². The zero-order valence-electron chi connectivity index (χ0n) is 11.0. The Morgan fingerprint density at radius 2 is 2.05 bits per heavy atom. The van der Waals surface area contributed by atoms with Crippen LogP contribution < -0.4 is 5.73 Å². The molecule has 3 nitrogen and oxygen atoms in total. The molecular weight excluding hydrogens is 284 g/mol. The number of carbonyl (C=O) groups is 1. The van der Waals surface area contributed by atoms with Gasteiger partial charge in [-0.05, 0) is 30.5 Å². The summed E-state index contributed by atoms with van der Waals surface area (Å²) in [5.74, 6) is -2.60. The molecule has 1 heterocycles. The van der Waals surface area contributed by atoms with Gasteiger partial charge in [-0.2, -0.15) is 0 Å². The van der Waals surface area contributed by atoms with Gasteiger partial charge in [0, 0.05) is 4.88 Å². The number of carboxylic acid groups (broad SMARTS) is 1. The summed E-state index contributed by atoms with van der Waals surface area (Å²) in [6.45, 7) is 3.29. The van der Waals surface area contributed by atoms with Crippen LogP contribution in [0.15, 0.2) is 12.1 Å². The first-order valence-electron chi connectivity index (χ1n) is 5.97.